The van der Waals surface area contributed by atoms with Crippen LogP contribution in [0.3, 0.4) is 0 Å². The molecule has 22 heavy (non-hydrogen) atoms. The molecule has 2 N–H and O–H groups in total. The Hall–Kier alpha value is -1.59. The lowest BCUT2D eigenvalue weighted by Gasteiger charge is -2.20. The number of nitrogens with two attached hydrogens (primary N) is 1. The van der Waals surface area contributed by atoms with E-state index in [1.165, 1.54) is 13.2 Å². The Morgan fingerprint density at radius 2 is 2.27 bits per heavy atom. The van der Waals surface area contributed by atoms with E-state index in [-0.39, 0.29) is 19.0 Å². The van der Waals surface area contributed by atoms with Crippen LogP contribution in [-0.4, -0.2) is 61.5 Å². The Balaban J connectivity index is 2.16. The molecule has 9 nitrogen and oxygen atoms in total. The molecule has 1 aromatic heterocycles. The molecule has 122 valence electrons. The zero-order chi connectivity index (χ0) is 16.5. The van der Waals surface area contributed by atoms with Crippen LogP contribution in [0.5, 0.6) is 5.88 Å². The van der Waals surface area contributed by atoms with Gasteiger partial charge in [0.15, 0.2) is 0 Å². The van der Waals surface area contributed by atoms with Gasteiger partial charge in [-0.25, -0.2) is 9.78 Å². The minimum absolute atomic E-state index is 0.0613. The van der Waals surface area contributed by atoms with Crippen molar-refractivity contribution in [1.29, 1.82) is 0 Å². The van der Waals surface area contributed by atoms with Crippen LogP contribution in [0, 0.1) is 0 Å². The predicted octanol–water partition coefficient (Wildman–Crippen LogP) is 0.432. The van der Waals surface area contributed by atoms with Crippen molar-refractivity contribution in [3.05, 3.63) is 16.7 Å². The fourth-order valence-electron chi connectivity index (χ4n) is 1.98. The Labute approximate surface area is 136 Å². The first-order valence-electron chi connectivity index (χ1n) is 6.15. The molecule has 2 rings (SSSR count). The number of methoxy groups -OCH3 is 1. The van der Waals surface area contributed by atoms with E-state index in [9.17, 15) is 13.2 Å². The van der Waals surface area contributed by atoms with Gasteiger partial charge in [0, 0.05) is 13.6 Å². The summed E-state index contributed by atoms with van der Waals surface area (Å²) in [5, 5.41) is 0. The van der Waals surface area contributed by atoms with Gasteiger partial charge in [-0.1, -0.05) is 0 Å². The molecule has 0 unspecified atom stereocenters. The molecule has 0 spiro atoms. The fourth-order valence-corrected chi connectivity index (χ4v) is 3.89. The van der Waals surface area contributed by atoms with Crippen LogP contribution in [0.2, 0.25) is 0 Å². The van der Waals surface area contributed by atoms with Crippen LogP contribution in [-0.2, 0) is 14.9 Å². The smallest absolute Gasteiger partial charge is 0.424 e. The molecule has 1 aromatic rings. The van der Waals surface area contributed by atoms with E-state index < -0.39 is 22.3 Å². The zero-order valence-corrected chi connectivity index (χ0v) is 14.3. The van der Waals surface area contributed by atoms with Gasteiger partial charge < -0.3 is 15.2 Å². The summed E-state index contributed by atoms with van der Waals surface area (Å²) >= 11 is 3.25. The molecule has 1 amide bonds. The zero-order valence-electron chi connectivity index (χ0n) is 11.9. The van der Waals surface area contributed by atoms with Gasteiger partial charge in [0.25, 0.3) is 0 Å². The number of rotatable bonds is 3. The van der Waals surface area contributed by atoms with E-state index in [1.807, 2.05) is 0 Å². The summed E-state index contributed by atoms with van der Waals surface area (Å²) in [6.07, 6.45) is 0.456. The van der Waals surface area contributed by atoms with Crippen LogP contribution in [0.1, 0.15) is 0 Å². The van der Waals surface area contributed by atoms with Crippen LogP contribution < -0.4 is 10.5 Å². The first kappa shape index (κ1) is 16.8. The van der Waals surface area contributed by atoms with Crippen molar-refractivity contribution in [3.63, 3.8) is 0 Å². The van der Waals surface area contributed by atoms with E-state index >= 15 is 0 Å². The van der Waals surface area contributed by atoms with Crippen molar-refractivity contribution in [2.75, 3.05) is 33.0 Å². The normalized spacial score (nSPS) is 20.9. The number of hydrogen-bond donors (Lipinski definition) is 1. The van der Waals surface area contributed by atoms with Crippen molar-refractivity contribution in [2.24, 2.45) is 0 Å². The Kier molecular flexibility index (Phi) is 4.78. The molecule has 0 aliphatic carbocycles. The van der Waals surface area contributed by atoms with E-state index in [4.69, 9.17) is 10.5 Å². The first-order valence-corrected chi connectivity index (χ1v) is 8.33. The monoisotopic (exact) mass is 394 g/mol. The molecular weight excluding hydrogens is 380 g/mol. The highest BCUT2D eigenvalue weighted by atomic mass is 79.9. The van der Waals surface area contributed by atoms with Crippen molar-refractivity contribution in [1.82, 2.24) is 13.6 Å². The highest BCUT2D eigenvalue weighted by molar-refractivity contribution is 9.10. The number of nitrogens with zero attached hydrogens (tertiary/aromatic N) is 3. The molecule has 1 aliphatic rings. The van der Waals surface area contributed by atoms with E-state index in [0.717, 1.165) is 11.4 Å². The largest absolute Gasteiger partial charge is 0.475 e. The molecule has 0 saturated carbocycles. The van der Waals surface area contributed by atoms with Gasteiger partial charge in [-0.3, -0.25) is 0 Å². The van der Waals surface area contributed by atoms with E-state index in [1.54, 1.807) is 6.07 Å². The molecule has 1 fully saturated rings. The van der Waals surface area contributed by atoms with Crippen molar-refractivity contribution >= 4 is 37.9 Å². The van der Waals surface area contributed by atoms with E-state index in [2.05, 4.69) is 25.7 Å². The number of amides is 1. The molecule has 1 aliphatic heterocycles. The molecular formula is C11H15BrN4O5S. The van der Waals surface area contributed by atoms with Crippen LogP contribution >= 0.6 is 15.9 Å². The summed E-state index contributed by atoms with van der Waals surface area (Å²) in [6, 6.07) is 0.895. The molecule has 1 atom stereocenters. The van der Waals surface area contributed by atoms with Crippen molar-refractivity contribution in [2.45, 2.75) is 6.04 Å². The summed E-state index contributed by atoms with van der Waals surface area (Å²) < 4.78 is 36.4. The molecule has 2 heterocycles. The lowest BCUT2D eigenvalue weighted by Crippen LogP contribution is -2.42. The summed E-state index contributed by atoms with van der Waals surface area (Å²) in [6.45, 7) is 0.0399. The standard InChI is InChI=1S/C11H15BrN4O5S/c1-15-5-8(16(11(17)20-2)22(15,18)19)6-21-10-9(12)3-7(13)4-14-10/h3-4,8H,5-6,13H2,1-2H3/t8-/m0/s1. The maximum atomic E-state index is 12.1. The Morgan fingerprint density at radius 1 is 1.59 bits per heavy atom. The number of likely N-dealkylation sites (N-methyl/N-ethyl adjacent to an activating group) is 1. The minimum Gasteiger partial charge on any atom is -0.475 e. The second-order valence-electron chi connectivity index (χ2n) is 4.57. The number of hydrogen-bond acceptors (Lipinski definition) is 7. The van der Waals surface area contributed by atoms with Crippen LogP contribution in [0.25, 0.3) is 0 Å². The lowest BCUT2D eigenvalue weighted by atomic mass is 10.3. The number of anilines is 1. The molecule has 0 aromatic carbocycles. The van der Waals surface area contributed by atoms with Crippen molar-refractivity contribution < 1.29 is 22.7 Å². The predicted molar refractivity (Wildman–Crippen MR) is 81.4 cm³/mol. The number of halogens is 1. The summed E-state index contributed by atoms with van der Waals surface area (Å²) in [5.41, 5.74) is 6.03. The Bertz CT molecular complexity index is 683. The third-order valence-corrected chi connectivity index (χ3v) is 5.49. The van der Waals surface area contributed by atoms with Gasteiger partial charge in [0.05, 0.1) is 23.5 Å². The molecule has 1 saturated heterocycles. The topological polar surface area (TPSA) is 115 Å². The molecule has 11 heteroatoms. The van der Waals surface area contributed by atoms with Crippen LogP contribution in [0.15, 0.2) is 16.7 Å². The summed E-state index contributed by atoms with van der Waals surface area (Å²) in [4.78, 5) is 15.7. The van der Waals surface area contributed by atoms with Gasteiger partial charge in [0.1, 0.15) is 12.6 Å². The number of carbonyl (C=O) groups is 1. The highest BCUT2D eigenvalue weighted by Gasteiger charge is 2.46. The second kappa shape index (κ2) is 6.26. The van der Waals surface area contributed by atoms with Gasteiger partial charge in [-0.2, -0.15) is 17.0 Å². The third kappa shape index (κ3) is 3.10. The van der Waals surface area contributed by atoms with Gasteiger partial charge in [-0.05, 0) is 22.0 Å². The number of aromatic nitrogens is 1. The number of carbonyl (C=O) groups excluding carboxylic acids is 1. The molecule has 0 radical (unpaired) electrons. The number of ether oxygens (including phenoxy) is 2. The van der Waals surface area contributed by atoms with Gasteiger partial charge in [-0.15, -0.1) is 0 Å². The minimum atomic E-state index is -3.89. The maximum absolute atomic E-state index is 12.1. The molecule has 0 bridgehead atoms. The number of nitrogen functional groups attached to an aromatic ring is 1. The third-order valence-electron chi connectivity index (χ3n) is 3.04. The highest BCUT2D eigenvalue weighted by Crippen LogP contribution is 2.26. The average Bonchev–Trinajstić information content (AvgIpc) is 2.67. The number of pyridine rings is 1. The first-order chi connectivity index (χ1) is 10.3. The van der Waals surface area contributed by atoms with E-state index in [0.29, 0.717) is 14.5 Å². The summed E-state index contributed by atoms with van der Waals surface area (Å²) in [7, 11) is -1.39. The quantitative estimate of drug-likeness (QED) is 0.789. The second-order valence-corrected chi connectivity index (χ2v) is 7.34. The SMILES string of the molecule is COC(=O)N1[C@H](COc2ncc(N)cc2Br)CN(C)S1(=O)=O. The van der Waals surface area contributed by atoms with Gasteiger partial charge >= 0.3 is 16.3 Å². The fraction of sp³-hybridized carbons (Fsp3) is 0.455. The van der Waals surface area contributed by atoms with Crippen molar-refractivity contribution in [3.8, 4) is 5.88 Å². The summed E-state index contributed by atoms with van der Waals surface area (Å²) in [5.74, 6) is 0.256. The average molecular weight is 395 g/mol. The maximum Gasteiger partial charge on any atom is 0.424 e. The van der Waals surface area contributed by atoms with Crippen LogP contribution in [0.4, 0.5) is 10.5 Å². The lowest BCUT2D eigenvalue weighted by molar-refractivity contribution is 0.130. The Morgan fingerprint density at radius 3 is 2.86 bits per heavy atom. The van der Waals surface area contributed by atoms with Gasteiger partial charge in [0.2, 0.25) is 5.88 Å².